The van der Waals surface area contributed by atoms with E-state index in [0.717, 1.165) is 25.0 Å². The summed E-state index contributed by atoms with van der Waals surface area (Å²) in [5, 5.41) is 13.7. The summed E-state index contributed by atoms with van der Waals surface area (Å²) >= 11 is 0. The zero-order valence-corrected chi connectivity index (χ0v) is 12.7. The second-order valence-electron chi connectivity index (χ2n) is 6.04. The predicted molar refractivity (Wildman–Crippen MR) is 76.5 cm³/mol. The average Bonchev–Trinajstić information content (AvgIpc) is 3.32. The standard InChI is InChI=1S/C16H19F2N3O/c1-10(11-3-6-13(17)14(18)7-11)20-8-15(22)21-16(2,9-19)12-4-5-12/h3,6-7,10,12,20H,4-5,8H2,1-2H3,(H,21,22)/p+1/t10-,16-/m1/s1. The van der Waals surface area contributed by atoms with Crippen molar-refractivity contribution in [3.8, 4) is 6.07 Å². The van der Waals surface area contributed by atoms with Crippen LogP contribution in [0.5, 0.6) is 0 Å². The van der Waals surface area contributed by atoms with Gasteiger partial charge >= 0.3 is 0 Å². The van der Waals surface area contributed by atoms with E-state index in [-0.39, 0.29) is 24.4 Å². The van der Waals surface area contributed by atoms with Gasteiger partial charge in [-0.05, 0) is 50.8 Å². The fraction of sp³-hybridized carbons (Fsp3) is 0.500. The topological polar surface area (TPSA) is 69.5 Å². The molecular weight excluding hydrogens is 288 g/mol. The van der Waals surface area contributed by atoms with Crippen molar-refractivity contribution in [1.29, 1.82) is 5.26 Å². The van der Waals surface area contributed by atoms with Crippen molar-refractivity contribution in [3.05, 3.63) is 35.4 Å². The molecule has 4 nitrogen and oxygen atoms in total. The highest BCUT2D eigenvalue weighted by Gasteiger charge is 2.43. The number of hydrogen-bond acceptors (Lipinski definition) is 2. The van der Waals surface area contributed by atoms with Gasteiger partial charge in [0.15, 0.2) is 18.2 Å². The molecule has 3 N–H and O–H groups in total. The SMILES string of the molecule is C[C@@H]([NH2+]CC(=O)N[C@](C)(C#N)C1CC1)c1ccc(F)c(F)c1. The second kappa shape index (κ2) is 6.41. The summed E-state index contributed by atoms with van der Waals surface area (Å²) in [6, 6.07) is 5.70. The normalized spacial score (nSPS) is 18.1. The minimum absolute atomic E-state index is 0.129. The van der Waals surface area contributed by atoms with Crippen molar-refractivity contribution in [2.75, 3.05) is 6.54 Å². The van der Waals surface area contributed by atoms with Gasteiger partial charge in [-0.3, -0.25) is 4.79 Å². The number of nitriles is 1. The molecule has 0 spiro atoms. The highest BCUT2D eigenvalue weighted by atomic mass is 19.2. The summed E-state index contributed by atoms with van der Waals surface area (Å²) in [7, 11) is 0. The molecule has 118 valence electrons. The van der Waals surface area contributed by atoms with E-state index in [0.29, 0.717) is 5.56 Å². The number of nitrogens with zero attached hydrogens (tertiary/aromatic N) is 1. The van der Waals surface area contributed by atoms with Crippen LogP contribution in [0.2, 0.25) is 0 Å². The van der Waals surface area contributed by atoms with Crippen LogP contribution in [0.3, 0.4) is 0 Å². The van der Waals surface area contributed by atoms with Crippen LogP contribution in [-0.4, -0.2) is 18.0 Å². The molecule has 22 heavy (non-hydrogen) atoms. The molecule has 0 bridgehead atoms. The molecule has 1 aromatic rings. The highest BCUT2D eigenvalue weighted by molar-refractivity contribution is 5.78. The number of carbonyl (C=O) groups excluding carboxylic acids is 1. The number of nitrogens with one attached hydrogen (secondary N) is 1. The van der Waals surface area contributed by atoms with Crippen molar-refractivity contribution in [2.45, 2.75) is 38.3 Å². The summed E-state index contributed by atoms with van der Waals surface area (Å²) in [6.45, 7) is 3.68. The summed E-state index contributed by atoms with van der Waals surface area (Å²) < 4.78 is 26.1. The van der Waals surface area contributed by atoms with E-state index in [9.17, 15) is 18.8 Å². The molecule has 2 atom stereocenters. The molecule has 6 heteroatoms. The van der Waals surface area contributed by atoms with Gasteiger partial charge in [0, 0.05) is 5.56 Å². The van der Waals surface area contributed by atoms with Gasteiger partial charge < -0.3 is 10.6 Å². The Morgan fingerprint density at radius 2 is 2.18 bits per heavy atom. The lowest BCUT2D eigenvalue weighted by Gasteiger charge is -2.22. The van der Waals surface area contributed by atoms with Gasteiger partial charge in [-0.25, -0.2) is 8.78 Å². The molecule has 0 saturated heterocycles. The molecule has 1 aliphatic carbocycles. The Balaban J connectivity index is 1.87. The second-order valence-corrected chi connectivity index (χ2v) is 6.04. The molecular formula is C16H20F2N3O+. The Labute approximate surface area is 128 Å². The van der Waals surface area contributed by atoms with E-state index in [1.165, 1.54) is 6.07 Å². The van der Waals surface area contributed by atoms with Crippen LogP contribution in [-0.2, 0) is 4.79 Å². The minimum atomic E-state index is -0.895. The minimum Gasteiger partial charge on any atom is -0.333 e. The fourth-order valence-electron chi connectivity index (χ4n) is 2.44. The van der Waals surface area contributed by atoms with Gasteiger partial charge in [-0.1, -0.05) is 0 Å². The molecule has 0 unspecified atom stereocenters. The van der Waals surface area contributed by atoms with E-state index in [1.807, 2.05) is 6.92 Å². The molecule has 1 amide bonds. The summed E-state index contributed by atoms with van der Waals surface area (Å²) in [6.07, 6.45) is 1.92. The molecule has 1 aliphatic rings. The first-order valence-electron chi connectivity index (χ1n) is 7.36. The zero-order valence-electron chi connectivity index (χ0n) is 12.7. The van der Waals surface area contributed by atoms with Crippen molar-refractivity contribution in [3.63, 3.8) is 0 Å². The molecule has 2 rings (SSSR count). The number of carbonyl (C=O) groups is 1. The first-order valence-corrected chi connectivity index (χ1v) is 7.36. The third-order valence-electron chi connectivity index (χ3n) is 4.15. The van der Waals surface area contributed by atoms with Crippen molar-refractivity contribution < 1.29 is 18.9 Å². The maximum absolute atomic E-state index is 13.2. The molecule has 0 radical (unpaired) electrons. The Hall–Kier alpha value is -2.00. The van der Waals surface area contributed by atoms with E-state index in [1.54, 1.807) is 12.2 Å². The first-order chi connectivity index (χ1) is 10.4. The van der Waals surface area contributed by atoms with Gasteiger partial charge in [0.2, 0.25) is 0 Å². The molecule has 1 aromatic carbocycles. The smallest absolute Gasteiger partial charge is 0.276 e. The maximum atomic E-state index is 13.2. The predicted octanol–water partition coefficient (Wildman–Crippen LogP) is 1.40. The number of halogens is 2. The lowest BCUT2D eigenvalue weighted by molar-refractivity contribution is -0.682. The quantitative estimate of drug-likeness (QED) is 0.834. The lowest BCUT2D eigenvalue weighted by atomic mass is 9.98. The Kier molecular flexibility index (Phi) is 4.77. The van der Waals surface area contributed by atoms with Gasteiger partial charge in [-0.15, -0.1) is 0 Å². The van der Waals surface area contributed by atoms with Gasteiger partial charge in [-0.2, -0.15) is 5.26 Å². The molecule has 1 fully saturated rings. The van der Waals surface area contributed by atoms with Crippen molar-refractivity contribution in [1.82, 2.24) is 5.32 Å². The van der Waals surface area contributed by atoms with Crippen molar-refractivity contribution >= 4 is 5.91 Å². The monoisotopic (exact) mass is 308 g/mol. The summed E-state index contributed by atoms with van der Waals surface area (Å²) in [5.41, 5.74) is -0.201. The molecule has 0 heterocycles. The lowest BCUT2D eigenvalue weighted by Crippen LogP contribution is -2.87. The first kappa shape index (κ1) is 16.4. The third kappa shape index (κ3) is 3.80. The van der Waals surface area contributed by atoms with Crippen LogP contribution in [0, 0.1) is 28.9 Å². The molecule has 1 saturated carbocycles. The number of nitrogens with two attached hydrogens (primary N) is 1. The molecule has 0 aliphatic heterocycles. The van der Waals surface area contributed by atoms with Crippen LogP contribution in [0.15, 0.2) is 18.2 Å². The number of amides is 1. The van der Waals surface area contributed by atoms with Crippen LogP contribution in [0.4, 0.5) is 8.78 Å². The number of benzene rings is 1. The summed E-state index contributed by atoms with van der Waals surface area (Å²) in [5.74, 6) is -1.79. The molecule has 0 aromatic heterocycles. The van der Waals surface area contributed by atoms with Crippen LogP contribution < -0.4 is 10.6 Å². The van der Waals surface area contributed by atoms with E-state index >= 15 is 0 Å². The fourth-order valence-corrected chi connectivity index (χ4v) is 2.44. The Morgan fingerprint density at radius 1 is 1.50 bits per heavy atom. The maximum Gasteiger partial charge on any atom is 0.276 e. The Morgan fingerprint density at radius 3 is 2.73 bits per heavy atom. The van der Waals surface area contributed by atoms with E-state index < -0.39 is 17.2 Å². The van der Waals surface area contributed by atoms with Gasteiger partial charge in [0.1, 0.15) is 11.6 Å². The zero-order chi connectivity index (χ0) is 16.3. The van der Waals surface area contributed by atoms with Gasteiger partial charge in [0.05, 0.1) is 6.07 Å². The van der Waals surface area contributed by atoms with Crippen molar-refractivity contribution in [2.24, 2.45) is 5.92 Å². The van der Waals surface area contributed by atoms with E-state index in [4.69, 9.17) is 0 Å². The number of quaternary nitrogens is 1. The average molecular weight is 308 g/mol. The van der Waals surface area contributed by atoms with Crippen LogP contribution in [0.25, 0.3) is 0 Å². The van der Waals surface area contributed by atoms with E-state index in [2.05, 4.69) is 11.4 Å². The largest absolute Gasteiger partial charge is 0.333 e. The van der Waals surface area contributed by atoms with Crippen LogP contribution >= 0.6 is 0 Å². The third-order valence-corrected chi connectivity index (χ3v) is 4.15. The van der Waals surface area contributed by atoms with Crippen LogP contribution in [0.1, 0.15) is 38.3 Å². The Bertz CT molecular complexity index is 610. The van der Waals surface area contributed by atoms with Gasteiger partial charge in [0.25, 0.3) is 5.91 Å². The number of hydrogen-bond donors (Lipinski definition) is 2. The highest BCUT2D eigenvalue weighted by Crippen LogP contribution is 2.39. The number of rotatable bonds is 6. The summed E-state index contributed by atoms with van der Waals surface area (Å²) in [4.78, 5) is 12.0.